The summed E-state index contributed by atoms with van der Waals surface area (Å²) in [5, 5.41) is 7.34. The Hall–Kier alpha value is -1.44. The molecular formula is C17H28N4O3. The lowest BCUT2D eigenvalue weighted by Crippen LogP contribution is -2.42. The highest BCUT2D eigenvalue weighted by atomic mass is 16.5. The number of hydrogen-bond acceptors (Lipinski definition) is 5. The highest BCUT2D eigenvalue weighted by molar-refractivity contribution is 5.76. The molecule has 7 nitrogen and oxygen atoms in total. The van der Waals surface area contributed by atoms with Crippen LogP contribution < -0.4 is 5.32 Å². The molecule has 0 radical (unpaired) electrons. The zero-order valence-corrected chi connectivity index (χ0v) is 14.4. The van der Waals surface area contributed by atoms with E-state index in [9.17, 15) is 4.79 Å². The Morgan fingerprint density at radius 2 is 2.29 bits per heavy atom. The third-order valence-electron chi connectivity index (χ3n) is 4.86. The largest absolute Gasteiger partial charge is 0.383 e. The predicted molar refractivity (Wildman–Crippen MR) is 89.6 cm³/mol. The molecule has 3 heterocycles. The van der Waals surface area contributed by atoms with Crippen LogP contribution in [0.15, 0.2) is 12.3 Å². The third-order valence-corrected chi connectivity index (χ3v) is 4.86. The smallest absolute Gasteiger partial charge is 0.222 e. The Morgan fingerprint density at radius 1 is 1.46 bits per heavy atom. The van der Waals surface area contributed by atoms with Crippen molar-refractivity contribution in [1.29, 1.82) is 0 Å². The van der Waals surface area contributed by atoms with Crippen LogP contribution in [0.25, 0.3) is 0 Å². The lowest BCUT2D eigenvalue weighted by Gasteiger charge is -2.36. The molecule has 24 heavy (non-hydrogen) atoms. The van der Waals surface area contributed by atoms with Crippen molar-refractivity contribution in [3.05, 3.63) is 18.0 Å². The summed E-state index contributed by atoms with van der Waals surface area (Å²) in [5.74, 6) is 0.760. The number of amides is 1. The minimum atomic E-state index is 0.0615. The fourth-order valence-corrected chi connectivity index (χ4v) is 3.63. The topological polar surface area (TPSA) is 68.6 Å². The molecule has 7 heteroatoms. The minimum absolute atomic E-state index is 0.0615. The maximum atomic E-state index is 12.2. The van der Waals surface area contributed by atoms with E-state index < -0.39 is 0 Å². The Morgan fingerprint density at radius 3 is 3.08 bits per heavy atom. The van der Waals surface area contributed by atoms with Crippen LogP contribution >= 0.6 is 0 Å². The second-order valence-electron chi connectivity index (χ2n) is 6.72. The molecule has 2 aliphatic heterocycles. The molecule has 134 valence electrons. The van der Waals surface area contributed by atoms with Gasteiger partial charge >= 0.3 is 0 Å². The van der Waals surface area contributed by atoms with Crippen LogP contribution in [0.1, 0.15) is 31.0 Å². The minimum Gasteiger partial charge on any atom is -0.383 e. The van der Waals surface area contributed by atoms with Gasteiger partial charge < -0.3 is 14.8 Å². The van der Waals surface area contributed by atoms with Crippen molar-refractivity contribution in [3.8, 4) is 0 Å². The van der Waals surface area contributed by atoms with Crippen molar-refractivity contribution < 1.29 is 14.3 Å². The highest BCUT2D eigenvalue weighted by Crippen LogP contribution is 2.25. The summed E-state index contributed by atoms with van der Waals surface area (Å²) in [6.45, 7) is 5.72. The molecule has 0 spiro atoms. The SMILES string of the molecule is COCCNC(=O)CC1CN(CC2CCOCC2)Cc2ccnn21. The summed E-state index contributed by atoms with van der Waals surface area (Å²) in [5.41, 5.74) is 1.20. The molecule has 1 amide bonds. The molecule has 1 unspecified atom stereocenters. The first-order valence-corrected chi connectivity index (χ1v) is 8.84. The van der Waals surface area contributed by atoms with E-state index in [-0.39, 0.29) is 11.9 Å². The van der Waals surface area contributed by atoms with Crippen LogP contribution in [-0.4, -0.2) is 67.2 Å². The Kier molecular flexibility index (Phi) is 6.23. The summed E-state index contributed by atoms with van der Waals surface area (Å²) in [4.78, 5) is 14.6. The molecule has 1 saturated heterocycles. The van der Waals surface area contributed by atoms with Crippen LogP contribution in [0.5, 0.6) is 0 Å². The van der Waals surface area contributed by atoms with Crippen molar-refractivity contribution in [2.24, 2.45) is 5.92 Å². The van der Waals surface area contributed by atoms with E-state index in [2.05, 4.69) is 21.4 Å². The highest BCUT2D eigenvalue weighted by Gasteiger charge is 2.29. The Balaban J connectivity index is 1.57. The van der Waals surface area contributed by atoms with Gasteiger partial charge in [-0.1, -0.05) is 0 Å². The van der Waals surface area contributed by atoms with Gasteiger partial charge in [-0.25, -0.2) is 0 Å². The Bertz CT molecular complexity index is 528. The van der Waals surface area contributed by atoms with Crippen LogP contribution in [0.2, 0.25) is 0 Å². The van der Waals surface area contributed by atoms with E-state index in [1.165, 1.54) is 5.69 Å². The van der Waals surface area contributed by atoms with Gasteiger partial charge in [-0.05, 0) is 24.8 Å². The van der Waals surface area contributed by atoms with Crippen molar-refractivity contribution in [2.75, 3.05) is 46.6 Å². The van der Waals surface area contributed by atoms with Crippen molar-refractivity contribution >= 4 is 5.91 Å². The van der Waals surface area contributed by atoms with Gasteiger partial charge in [0.05, 0.1) is 24.8 Å². The van der Waals surface area contributed by atoms with Gasteiger partial charge in [0, 0.05) is 52.7 Å². The summed E-state index contributed by atoms with van der Waals surface area (Å²) in [7, 11) is 1.64. The number of nitrogens with one attached hydrogen (secondary N) is 1. The predicted octanol–water partition coefficient (Wildman–Crippen LogP) is 0.819. The molecule has 1 aromatic heterocycles. The number of aromatic nitrogens is 2. The first-order chi connectivity index (χ1) is 11.8. The van der Waals surface area contributed by atoms with Gasteiger partial charge in [0.15, 0.2) is 0 Å². The average Bonchev–Trinajstić information content (AvgIpc) is 3.05. The monoisotopic (exact) mass is 336 g/mol. The standard InChI is InChI=1S/C17H28N4O3/c1-23-9-6-18-17(22)10-16-13-20(11-14-3-7-24-8-4-14)12-15-2-5-19-21(15)16/h2,5,14,16H,3-4,6-13H2,1H3,(H,18,22). The quantitative estimate of drug-likeness (QED) is 0.747. The maximum absolute atomic E-state index is 12.2. The molecule has 0 bridgehead atoms. The number of carbonyl (C=O) groups excluding carboxylic acids is 1. The molecule has 1 atom stereocenters. The number of methoxy groups -OCH3 is 1. The third kappa shape index (κ3) is 4.55. The zero-order valence-electron chi connectivity index (χ0n) is 14.4. The molecule has 2 aliphatic rings. The van der Waals surface area contributed by atoms with Gasteiger partial charge in [0.25, 0.3) is 0 Å². The van der Waals surface area contributed by atoms with Gasteiger partial charge in [-0.15, -0.1) is 0 Å². The van der Waals surface area contributed by atoms with E-state index in [1.54, 1.807) is 7.11 Å². The first kappa shape index (κ1) is 17.4. The molecular weight excluding hydrogens is 308 g/mol. The lowest BCUT2D eigenvalue weighted by atomic mass is 9.98. The molecule has 1 fully saturated rings. The molecule has 0 aromatic carbocycles. The van der Waals surface area contributed by atoms with Gasteiger partial charge in [0.2, 0.25) is 5.91 Å². The summed E-state index contributed by atoms with van der Waals surface area (Å²) in [6, 6.07) is 2.16. The summed E-state index contributed by atoms with van der Waals surface area (Å²) < 4.78 is 12.5. The molecule has 1 N–H and O–H groups in total. The number of ether oxygens (including phenoxy) is 2. The number of rotatable bonds is 7. The number of carbonyl (C=O) groups is 1. The molecule has 0 aliphatic carbocycles. The second-order valence-corrected chi connectivity index (χ2v) is 6.72. The molecule has 1 aromatic rings. The average molecular weight is 336 g/mol. The first-order valence-electron chi connectivity index (χ1n) is 8.84. The number of nitrogens with zero attached hydrogens (tertiary/aromatic N) is 3. The number of fused-ring (bicyclic) bond motifs is 1. The normalized spacial score (nSPS) is 22.3. The second kappa shape index (κ2) is 8.60. The summed E-state index contributed by atoms with van der Waals surface area (Å²) in [6.07, 6.45) is 4.57. The fourth-order valence-electron chi connectivity index (χ4n) is 3.63. The van der Waals surface area contributed by atoms with Gasteiger partial charge in [-0.3, -0.25) is 14.4 Å². The van der Waals surface area contributed by atoms with Crippen molar-refractivity contribution in [1.82, 2.24) is 20.0 Å². The van der Waals surface area contributed by atoms with Crippen LogP contribution in [0, 0.1) is 5.92 Å². The molecule has 3 rings (SSSR count). The molecule has 0 saturated carbocycles. The van der Waals surface area contributed by atoms with Crippen molar-refractivity contribution in [2.45, 2.75) is 31.8 Å². The van der Waals surface area contributed by atoms with E-state index >= 15 is 0 Å². The van der Waals surface area contributed by atoms with Crippen LogP contribution in [-0.2, 0) is 20.8 Å². The Labute approximate surface area is 143 Å². The van der Waals surface area contributed by atoms with Gasteiger partial charge in [0.1, 0.15) is 0 Å². The van der Waals surface area contributed by atoms with Crippen LogP contribution in [0.3, 0.4) is 0 Å². The van der Waals surface area contributed by atoms with Gasteiger partial charge in [-0.2, -0.15) is 5.10 Å². The maximum Gasteiger partial charge on any atom is 0.222 e. The summed E-state index contributed by atoms with van der Waals surface area (Å²) >= 11 is 0. The van der Waals surface area contributed by atoms with E-state index in [4.69, 9.17) is 9.47 Å². The fraction of sp³-hybridized carbons (Fsp3) is 0.765. The van der Waals surface area contributed by atoms with E-state index in [0.717, 1.165) is 45.7 Å². The van der Waals surface area contributed by atoms with E-state index in [0.29, 0.717) is 25.5 Å². The number of hydrogen-bond donors (Lipinski definition) is 1. The zero-order chi connectivity index (χ0) is 16.8. The van der Waals surface area contributed by atoms with E-state index in [1.807, 2.05) is 10.9 Å². The van der Waals surface area contributed by atoms with Crippen molar-refractivity contribution in [3.63, 3.8) is 0 Å². The lowest BCUT2D eigenvalue weighted by molar-refractivity contribution is -0.122. The van der Waals surface area contributed by atoms with Crippen LogP contribution in [0.4, 0.5) is 0 Å².